The second-order valence-corrected chi connectivity index (χ2v) is 4.37. The van der Waals surface area contributed by atoms with E-state index in [1.54, 1.807) is 0 Å². The number of rotatable bonds is 1. The Kier molecular flexibility index (Phi) is 1.39. The van der Waals surface area contributed by atoms with Crippen LogP contribution in [-0.4, -0.2) is 5.16 Å². The van der Waals surface area contributed by atoms with E-state index in [0.29, 0.717) is 0 Å². The standard InChI is InChI=1S/C13H6ClNO/c14-9-3-1-7(2-4-9)13-12-10-5-8(10)6-11(12)16-15-13/h1-6H. The lowest BCUT2D eigenvalue weighted by molar-refractivity contribution is 0.460. The molecule has 0 unspecified atom stereocenters. The summed E-state index contributed by atoms with van der Waals surface area (Å²) in [5, 5.41) is 5.96. The minimum Gasteiger partial charge on any atom is -0.356 e. The smallest absolute Gasteiger partial charge is 0.168 e. The van der Waals surface area contributed by atoms with E-state index in [9.17, 15) is 0 Å². The van der Waals surface area contributed by atoms with Gasteiger partial charge in [0.25, 0.3) is 0 Å². The van der Waals surface area contributed by atoms with Crippen molar-refractivity contribution < 1.29 is 4.52 Å². The molecule has 0 atom stereocenters. The Morgan fingerprint density at radius 1 is 1.00 bits per heavy atom. The number of nitrogens with zero attached hydrogens (tertiary/aromatic N) is 1. The summed E-state index contributed by atoms with van der Waals surface area (Å²) >= 11 is 5.86. The Labute approximate surface area is 96.4 Å². The van der Waals surface area contributed by atoms with Crippen molar-refractivity contribution in [2.75, 3.05) is 0 Å². The number of fused-ring (bicyclic) bond motifs is 3. The first-order chi connectivity index (χ1) is 7.83. The Morgan fingerprint density at radius 3 is 2.62 bits per heavy atom. The molecule has 2 aliphatic rings. The third kappa shape index (κ3) is 0.996. The highest BCUT2D eigenvalue weighted by molar-refractivity contribution is 6.30. The van der Waals surface area contributed by atoms with Gasteiger partial charge in [-0.25, -0.2) is 0 Å². The zero-order valence-electron chi connectivity index (χ0n) is 8.20. The van der Waals surface area contributed by atoms with E-state index in [0.717, 1.165) is 27.2 Å². The van der Waals surface area contributed by atoms with Gasteiger partial charge in [-0.2, -0.15) is 0 Å². The van der Waals surface area contributed by atoms with Crippen LogP contribution in [0.5, 0.6) is 0 Å². The van der Waals surface area contributed by atoms with Gasteiger partial charge in [0, 0.05) is 10.6 Å². The average molecular weight is 228 g/mol. The van der Waals surface area contributed by atoms with Crippen LogP contribution < -0.4 is 0 Å². The number of aromatic nitrogens is 1. The van der Waals surface area contributed by atoms with E-state index >= 15 is 0 Å². The van der Waals surface area contributed by atoms with Crippen LogP contribution in [0.3, 0.4) is 0 Å². The van der Waals surface area contributed by atoms with Crippen LogP contribution in [0.25, 0.3) is 33.4 Å². The second kappa shape index (κ2) is 2.66. The van der Waals surface area contributed by atoms with Crippen LogP contribution >= 0.6 is 11.6 Å². The molecule has 0 spiro atoms. The van der Waals surface area contributed by atoms with Crippen molar-refractivity contribution >= 4 is 22.6 Å². The molecule has 1 aromatic heterocycles. The third-order valence-electron chi connectivity index (χ3n) is 2.92. The lowest BCUT2D eigenvalue weighted by Crippen LogP contribution is -1.76. The molecule has 2 nitrogen and oxygen atoms in total. The third-order valence-corrected chi connectivity index (χ3v) is 3.17. The predicted molar refractivity (Wildman–Crippen MR) is 63.4 cm³/mol. The lowest BCUT2D eigenvalue weighted by Gasteiger charge is -1.95. The maximum Gasteiger partial charge on any atom is 0.168 e. The van der Waals surface area contributed by atoms with Gasteiger partial charge in [-0.15, -0.1) is 0 Å². The van der Waals surface area contributed by atoms with Gasteiger partial charge in [0.2, 0.25) is 0 Å². The predicted octanol–water partition coefficient (Wildman–Crippen LogP) is 4.13. The first-order valence-corrected chi connectivity index (χ1v) is 5.40. The molecule has 0 amide bonds. The summed E-state index contributed by atoms with van der Waals surface area (Å²) in [4.78, 5) is 0. The highest BCUT2D eigenvalue weighted by Gasteiger charge is 2.24. The van der Waals surface area contributed by atoms with Gasteiger partial charge in [0.05, 0.1) is 5.39 Å². The summed E-state index contributed by atoms with van der Waals surface area (Å²) in [5.41, 5.74) is 5.35. The molecule has 0 aliphatic heterocycles. The molecule has 0 saturated heterocycles. The van der Waals surface area contributed by atoms with Gasteiger partial charge in [-0.3, -0.25) is 0 Å². The summed E-state index contributed by atoms with van der Waals surface area (Å²) in [7, 11) is 0. The SMILES string of the molecule is Clc1ccc(-c2noc3cc4cc-4c23)cc1. The molecule has 1 aromatic carbocycles. The first kappa shape index (κ1) is 8.36. The molecule has 0 radical (unpaired) electrons. The summed E-state index contributed by atoms with van der Waals surface area (Å²) in [6.45, 7) is 0. The molecule has 2 aromatic rings. The minimum absolute atomic E-state index is 0.730. The summed E-state index contributed by atoms with van der Waals surface area (Å²) < 4.78 is 5.29. The second-order valence-electron chi connectivity index (χ2n) is 3.94. The first-order valence-electron chi connectivity index (χ1n) is 5.03. The van der Waals surface area contributed by atoms with Crippen LogP contribution in [0.2, 0.25) is 5.02 Å². The van der Waals surface area contributed by atoms with Crippen LogP contribution in [0.15, 0.2) is 40.9 Å². The van der Waals surface area contributed by atoms with E-state index in [4.69, 9.17) is 16.1 Å². The molecule has 4 rings (SSSR count). The molecule has 1 heterocycles. The van der Waals surface area contributed by atoms with Gasteiger partial charge in [0.15, 0.2) is 5.58 Å². The topological polar surface area (TPSA) is 26.0 Å². The van der Waals surface area contributed by atoms with Crippen LogP contribution in [-0.2, 0) is 0 Å². The molecule has 16 heavy (non-hydrogen) atoms. The zero-order chi connectivity index (χ0) is 10.7. The molecule has 0 fully saturated rings. The maximum absolute atomic E-state index is 5.86. The average Bonchev–Trinajstić information content (AvgIpc) is 2.77. The van der Waals surface area contributed by atoms with Gasteiger partial charge in [-0.1, -0.05) is 28.9 Å². The van der Waals surface area contributed by atoms with Crippen LogP contribution in [0.1, 0.15) is 0 Å². The lowest BCUT2D eigenvalue weighted by atomic mass is 10.1. The summed E-state index contributed by atoms with van der Waals surface area (Å²) in [5.74, 6) is 0. The highest BCUT2D eigenvalue weighted by Crippen LogP contribution is 2.46. The van der Waals surface area contributed by atoms with Gasteiger partial charge in [0.1, 0.15) is 5.69 Å². The fraction of sp³-hybridized carbons (Fsp3) is 0. The molecule has 0 N–H and O–H groups in total. The van der Waals surface area contributed by atoms with Crippen molar-refractivity contribution in [3.63, 3.8) is 0 Å². The van der Waals surface area contributed by atoms with E-state index in [2.05, 4.69) is 11.2 Å². The molecule has 3 heteroatoms. The van der Waals surface area contributed by atoms with Crippen molar-refractivity contribution in [3.05, 3.63) is 41.4 Å². The number of benzene rings is 2. The number of hydrogen-bond acceptors (Lipinski definition) is 2. The van der Waals surface area contributed by atoms with Gasteiger partial charge in [-0.05, 0) is 35.4 Å². The number of halogens is 1. The van der Waals surface area contributed by atoms with Crippen molar-refractivity contribution in [3.8, 4) is 22.4 Å². The normalized spacial score (nSPS) is 12.1. The van der Waals surface area contributed by atoms with Gasteiger partial charge < -0.3 is 4.52 Å². The van der Waals surface area contributed by atoms with E-state index in [1.807, 2.05) is 30.3 Å². The Hall–Kier alpha value is -1.80. The van der Waals surface area contributed by atoms with E-state index < -0.39 is 0 Å². The summed E-state index contributed by atoms with van der Waals surface area (Å²) in [6, 6.07) is 11.8. The van der Waals surface area contributed by atoms with Crippen molar-refractivity contribution in [2.45, 2.75) is 0 Å². The van der Waals surface area contributed by atoms with Crippen molar-refractivity contribution in [2.24, 2.45) is 0 Å². The Bertz CT molecular complexity index is 713. The van der Waals surface area contributed by atoms with Crippen molar-refractivity contribution in [1.82, 2.24) is 5.16 Å². The van der Waals surface area contributed by atoms with Gasteiger partial charge >= 0.3 is 0 Å². The number of hydrogen-bond donors (Lipinski definition) is 0. The molecule has 0 bridgehead atoms. The van der Waals surface area contributed by atoms with E-state index in [1.165, 1.54) is 11.1 Å². The van der Waals surface area contributed by atoms with E-state index in [-0.39, 0.29) is 0 Å². The fourth-order valence-electron chi connectivity index (χ4n) is 2.06. The summed E-state index contributed by atoms with van der Waals surface area (Å²) in [6.07, 6.45) is 0. The fourth-order valence-corrected chi connectivity index (χ4v) is 2.19. The highest BCUT2D eigenvalue weighted by atomic mass is 35.5. The molecule has 0 saturated carbocycles. The van der Waals surface area contributed by atoms with Crippen molar-refractivity contribution in [1.29, 1.82) is 0 Å². The van der Waals surface area contributed by atoms with Crippen LogP contribution in [0, 0.1) is 0 Å². The quantitative estimate of drug-likeness (QED) is 0.489. The molecular weight excluding hydrogens is 222 g/mol. The zero-order valence-corrected chi connectivity index (χ0v) is 8.95. The monoisotopic (exact) mass is 227 g/mol. The molecule has 76 valence electrons. The maximum atomic E-state index is 5.86. The van der Waals surface area contributed by atoms with Crippen LogP contribution in [0.4, 0.5) is 0 Å². The molecular formula is C13H6ClNO. The minimum atomic E-state index is 0.730. The Balaban J connectivity index is 1.99. The molecule has 2 aliphatic carbocycles. The largest absolute Gasteiger partial charge is 0.356 e. The Morgan fingerprint density at radius 2 is 1.81 bits per heavy atom.